The van der Waals surface area contributed by atoms with E-state index in [-0.39, 0.29) is 0 Å². The number of nitrogens with two attached hydrogens (primary N) is 1. The van der Waals surface area contributed by atoms with E-state index in [1.807, 2.05) is 12.1 Å². The Morgan fingerprint density at radius 1 is 1.53 bits per heavy atom. The molecule has 2 aromatic heterocycles. The number of anilines is 1. The largest absolute Gasteiger partial charge is 0.324 e. The molecule has 7 heteroatoms. The van der Waals surface area contributed by atoms with Crippen molar-refractivity contribution in [3.63, 3.8) is 0 Å². The second kappa shape index (κ2) is 5.95. The molecule has 0 bridgehead atoms. The number of hydrogen-bond acceptors (Lipinski definition) is 7. The fourth-order valence-electron chi connectivity index (χ4n) is 1.22. The van der Waals surface area contributed by atoms with E-state index in [0.29, 0.717) is 0 Å². The van der Waals surface area contributed by atoms with Gasteiger partial charge in [-0.25, -0.2) is 4.98 Å². The second-order valence-electron chi connectivity index (χ2n) is 3.30. The lowest BCUT2D eigenvalue weighted by Gasteiger charge is -2.01. The zero-order valence-electron chi connectivity index (χ0n) is 9.38. The predicted molar refractivity (Wildman–Crippen MR) is 70.9 cm³/mol. The first-order valence-electron chi connectivity index (χ1n) is 5.18. The summed E-state index contributed by atoms with van der Waals surface area (Å²) in [5.74, 6) is 7.02. The van der Waals surface area contributed by atoms with Gasteiger partial charge in [0.2, 0.25) is 0 Å². The van der Waals surface area contributed by atoms with Gasteiger partial charge in [0.1, 0.15) is 5.82 Å². The number of hydrogen-bond donors (Lipinski definition) is 2. The van der Waals surface area contributed by atoms with E-state index < -0.39 is 0 Å². The maximum atomic E-state index is 5.34. The highest BCUT2D eigenvalue weighted by Crippen LogP contribution is 2.24. The van der Waals surface area contributed by atoms with Crippen molar-refractivity contribution in [3.8, 4) is 0 Å². The van der Waals surface area contributed by atoms with Gasteiger partial charge in [-0.3, -0.25) is 10.8 Å². The van der Waals surface area contributed by atoms with Gasteiger partial charge in [0.15, 0.2) is 4.34 Å². The van der Waals surface area contributed by atoms with Crippen molar-refractivity contribution in [1.82, 2.24) is 14.3 Å². The second-order valence-corrected chi connectivity index (χ2v) is 5.27. The van der Waals surface area contributed by atoms with Crippen LogP contribution < -0.4 is 11.3 Å². The topological polar surface area (TPSA) is 76.7 Å². The smallest absolute Gasteiger partial charge is 0.170 e. The summed E-state index contributed by atoms with van der Waals surface area (Å²) in [6, 6.07) is 3.75. The molecule has 0 aliphatic rings. The predicted octanol–water partition coefficient (Wildman–Crippen LogP) is 2.07. The third kappa shape index (κ3) is 3.39. The van der Waals surface area contributed by atoms with E-state index in [2.05, 4.69) is 26.7 Å². The Bertz CT molecular complexity index is 485. The summed E-state index contributed by atoms with van der Waals surface area (Å²) in [7, 11) is 0. The Morgan fingerprint density at radius 3 is 3.12 bits per heavy atom. The molecule has 2 aromatic rings. The van der Waals surface area contributed by atoms with E-state index in [4.69, 9.17) is 5.84 Å². The van der Waals surface area contributed by atoms with Crippen LogP contribution >= 0.6 is 23.3 Å². The van der Waals surface area contributed by atoms with Crippen LogP contribution in [0.25, 0.3) is 0 Å². The average molecular weight is 267 g/mol. The first-order chi connectivity index (χ1) is 8.31. The Hall–Kier alpha value is -1.18. The van der Waals surface area contributed by atoms with Crippen LogP contribution in [0.2, 0.25) is 0 Å². The molecule has 17 heavy (non-hydrogen) atoms. The monoisotopic (exact) mass is 267 g/mol. The van der Waals surface area contributed by atoms with Crippen molar-refractivity contribution in [2.24, 2.45) is 5.84 Å². The molecule has 0 aliphatic heterocycles. The lowest BCUT2D eigenvalue weighted by molar-refractivity contribution is 0.971. The molecule has 0 fully saturated rings. The third-order valence-electron chi connectivity index (χ3n) is 2.09. The highest BCUT2D eigenvalue weighted by atomic mass is 32.2. The Labute approximate surface area is 108 Å². The number of aryl methyl sites for hydroxylation is 1. The summed E-state index contributed by atoms with van der Waals surface area (Å²) in [5, 5.41) is 0. The molecule has 5 nitrogen and oxygen atoms in total. The fourth-order valence-corrected chi connectivity index (χ4v) is 2.82. The Morgan fingerprint density at radius 2 is 2.41 bits per heavy atom. The molecular formula is C10H13N5S2. The van der Waals surface area contributed by atoms with E-state index in [9.17, 15) is 0 Å². The van der Waals surface area contributed by atoms with E-state index >= 15 is 0 Å². The Kier molecular flexibility index (Phi) is 4.29. The first kappa shape index (κ1) is 12.3. The van der Waals surface area contributed by atoms with Gasteiger partial charge in [-0.1, -0.05) is 18.7 Å². The normalized spacial score (nSPS) is 10.5. The van der Waals surface area contributed by atoms with Gasteiger partial charge < -0.3 is 5.43 Å². The molecule has 90 valence electrons. The minimum Gasteiger partial charge on any atom is -0.324 e. The molecule has 0 saturated carbocycles. The fraction of sp³-hybridized carbons (Fsp3) is 0.300. The molecule has 3 N–H and O–H groups in total. The van der Waals surface area contributed by atoms with Crippen LogP contribution in [-0.2, 0) is 12.2 Å². The van der Waals surface area contributed by atoms with Crippen LogP contribution in [-0.4, -0.2) is 14.3 Å². The molecule has 2 heterocycles. The summed E-state index contributed by atoms with van der Waals surface area (Å²) in [6.45, 7) is 2.05. The van der Waals surface area contributed by atoms with Crippen molar-refractivity contribution in [2.45, 2.75) is 23.4 Å². The van der Waals surface area contributed by atoms with Crippen LogP contribution in [0.15, 0.2) is 22.7 Å². The number of nitrogen functional groups attached to an aromatic ring is 1. The zero-order valence-corrected chi connectivity index (χ0v) is 11.0. The molecule has 0 atom stereocenters. The molecule has 0 amide bonds. The molecule has 0 aliphatic carbocycles. The molecule has 0 radical (unpaired) electrons. The van der Waals surface area contributed by atoms with Crippen LogP contribution in [0.1, 0.15) is 18.4 Å². The van der Waals surface area contributed by atoms with Gasteiger partial charge in [0, 0.05) is 18.4 Å². The van der Waals surface area contributed by atoms with Gasteiger partial charge >= 0.3 is 0 Å². The summed E-state index contributed by atoms with van der Waals surface area (Å²) < 4.78 is 5.22. The molecule has 0 saturated heterocycles. The number of hydrazine groups is 1. The van der Waals surface area contributed by atoms with Gasteiger partial charge in [-0.2, -0.15) is 4.37 Å². The summed E-state index contributed by atoms with van der Waals surface area (Å²) >= 11 is 3.08. The lowest BCUT2D eigenvalue weighted by atomic mass is 10.3. The maximum absolute atomic E-state index is 5.34. The zero-order chi connectivity index (χ0) is 12.1. The number of rotatable bonds is 5. The van der Waals surface area contributed by atoms with Crippen LogP contribution in [0.5, 0.6) is 0 Å². The molecule has 2 rings (SSSR count). The first-order valence-corrected chi connectivity index (χ1v) is 6.94. The average Bonchev–Trinajstić information content (AvgIpc) is 2.84. The molecular weight excluding hydrogens is 254 g/mol. The van der Waals surface area contributed by atoms with Crippen molar-refractivity contribution in [1.29, 1.82) is 0 Å². The van der Waals surface area contributed by atoms with Gasteiger partial charge in [-0.05, 0) is 23.7 Å². The lowest BCUT2D eigenvalue weighted by Crippen LogP contribution is -2.07. The molecule has 0 unspecified atom stereocenters. The quantitative estimate of drug-likeness (QED) is 0.490. The Balaban J connectivity index is 1.96. The van der Waals surface area contributed by atoms with Crippen molar-refractivity contribution in [3.05, 3.63) is 29.8 Å². The minimum absolute atomic E-state index is 0.772. The van der Waals surface area contributed by atoms with E-state index in [1.54, 1.807) is 18.0 Å². The van der Waals surface area contributed by atoms with Crippen molar-refractivity contribution < 1.29 is 0 Å². The third-order valence-corrected chi connectivity index (χ3v) is 4.00. The van der Waals surface area contributed by atoms with Gasteiger partial charge in [-0.15, -0.1) is 0 Å². The number of aromatic nitrogens is 3. The number of thioether (sulfide) groups is 1. The summed E-state index contributed by atoms with van der Waals surface area (Å²) in [4.78, 5) is 8.66. The van der Waals surface area contributed by atoms with Crippen LogP contribution in [0, 0.1) is 0 Å². The number of pyridine rings is 1. The van der Waals surface area contributed by atoms with E-state index in [1.165, 1.54) is 11.5 Å². The SMILES string of the molecule is CCc1nsc(SCc2cc(NN)ccn2)n1. The molecule has 0 spiro atoms. The highest BCUT2D eigenvalue weighted by Gasteiger charge is 2.04. The summed E-state index contributed by atoms with van der Waals surface area (Å²) in [6.07, 6.45) is 2.62. The van der Waals surface area contributed by atoms with Crippen molar-refractivity contribution >= 4 is 29.0 Å². The minimum atomic E-state index is 0.772. The molecule has 0 aromatic carbocycles. The number of nitrogens with zero attached hydrogens (tertiary/aromatic N) is 3. The van der Waals surface area contributed by atoms with Crippen LogP contribution in [0.4, 0.5) is 5.69 Å². The van der Waals surface area contributed by atoms with Gasteiger partial charge in [0.25, 0.3) is 0 Å². The van der Waals surface area contributed by atoms with Crippen LogP contribution in [0.3, 0.4) is 0 Å². The summed E-state index contributed by atoms with van der Waals surface area (Å²) in [5.41, 5.74) is 4.44. The van der Waals surface area contributed by atoms with Crippen molar-refractivity contribution in [2.75, 3.05) is 5.43 Å². The highest BCUT2D eigenvalue weighted by molar-refractivity contribution is 8.00. The van der Waals surface area contributed by atoms with E-state index in [0.717, 1.165) is 33.7 Å². The number of nitrogens with one attached hydrogen (secondary N) is 1. The standard InChI is InChI=1S/C10H13N5S2/c1-2-9-13-10(17-15-9)16-6-8-5-7(14-11)3-4-12-8/h3-5H,2,6,11H2,1H3,(H,12,14). The van der Waals surface area contributed by atoms with Gasteiger partial charge in [0.05, 0.1) is 11.4 Å². The maximum Gasteiger partial charge on any atom is 0.170 e.